The van der Waals surface area contributed by atoms with Crippen LogP contribution < -0.4 is 0 Å². The Labute approximate surface area is 60.2 Å². The van der Waals surface area contributed by atoms with E-state index in [4.69, 9.17) is 4.55 Å². The van der Waals surface area contributed by atoms with E-state index in [2.05, 4.69) is 0 Å². The van der Waals surface area contributed by atoms with Gasteiger partial charge < -0.3 is 10.0 Å². The van der Waals surface area contributed by atoms with E-state index < -0.39 is 0 Å². The summed E-state index contributed by atoms with van der Waals surface area (Å²) in [5, 5.41) is 0.559. The minimum Gasteiger partial charge on any atom is -0.412 e. The van der Waals surface area contributed by atoms with E-state index in [-0.39, 0.29) is 5.48 Å². The van der Waals surface area contributed by atoms with Gasteiger partial charge in [-0.2, -0.15) is 0 Å². The Hall–Kier alpha value is 0.270. The van der Waals surface area contributed by atoms with Crippen molar-refractivity contribution in [1.29, 1.82) is 0 Å². The standard InChI is InChI=1S/C6H12OS.H2O/c7-8-6-4-2-1-3-5-6;/h6-7H,1-5H2;1H2. The topological polar surface area (TPSA) is 51.7 Å². The van der Waals surface area contributed by atoms with E-state index in [9.17, 15) is 0 Å². The smallest absolute Gasteiger partial charge is 0.0308 e. The largest absolute Gasteiger partial charge is 0.412 e. The molecule has 0 heterocycles. The van der Waals surface area contributed by atoms with Crippen LogP contribution in [0, 0.1) is 0 Å². The Morgan fingerprint density at radius 3 is 2.00 bits per heavy atom. The lowest BCUT2D eigenvalue weighted by Crippen LogP contribution is -2.06. The summed E-state index contributed by atoms with van der Waals surface area (Å²) in [6.45, 7) is 0. The summed E-state index contributed by atoms with van der Waals surface area (Å²) in [6, 6.07) is 0. The van der Waals surface area contributed by atoms with Crippen LogP contribution in [0.15, 0.2) is 0 Å². The van der Waals surface area contributed by atoms with Crippen LogP contribution in [0.2, 0.25) is 0 Å². The fraction of sp³-hybridized carbons (Fsp3) is 1.00. The molecule has 0 aromatic heterocycles. The highest BCUT2D eigenvalue weighted by Crippen LogP contribution is 2.25. The maximum atomic E-state index is 8.61. The van der Waals surface area contributed by atoms with Gasteiger partial charge in [-0.25, -0.2) is 0 Å². The van der Waals surface area contributed by atoms with Crippen LogP contribution in [0.4, 0.5) is 0 Å². The first-order valence-electron chi connectivity index (χ1n) is 3.23. The zero-order chi connectivity index (χ0) is 5.82. The van der Waals surface area contributed by atoms with Gasteiger partial charge in [0.15, 0.2) is 0 Å². The first-order chi connectivity index (χ1) is 3.93. The summed E-state index contributed by atoms with van der Waals surface area (Å²) >= 11 is 1.05. The van der Waals surface area contributed by atoms with Gasteiger partial charge in [0, 0.05) is 5.25 Å². The number of hydrogen-bond donors (Lipinski definition) is 1. The molecule has 0 aliphatic heterocycles. The Morgan fingerprint density at radius 2 is 1.67 bits per heavy atom. The molecule has 1 aliphatic rings. The summed E-state index contributed by atoms with van der Waals surface area (Å²) in [4.78, 5) is 0. The average Bonchev–Trinajstić information content (AvgIpc) is 1.90. The second-order valence-electron chi connectivity index (χ2n) is 2.37. The van der Waals surface area contributed by atoms with Crippen LogP contribution in [0.25, 0.3) is 0 Å². The summed E-state index contributed by atoms with van der Waals surface area (Å²) < 4.78 is 8.61. The molecule has 2 nitrogen and oxygen atoms in total. The zero-order valence-electron chi connectivity index (χ0n) is 5.47. The van der Waals surface area contributed by atoms with Crippen molar-refractivity contribution < 1.29 is 10.0 Å². The summed E-state index contributed by atoms with van der Waals surface area (Å²) in [5.74, 6) is 0. The molecule has 0 spiro atoms. The molecule has 1 rings (SSSR count). The Kier molecular flexibility index (Phi) is 5.24. The van der Waals surface area contributed by atoms with Gasteiger partial charge in [-0.3, -0.25) is 0 Å². The predicted octanol–water partition coefficient (Wildman–Crippen LogP) is 1.70. The number of rotatable bonds is 1. The van der Waals surface area contributed by atoms with Crippen molar-refractivity contribution in [2.75, 3.05) is 0 Å². The molecule has 1 fully saturated rings. The summed E-state index contributed by atoms with van der Waals surface area (Å²) in [7, 11) is 0. The molecule has 0 saturated heterocycles. The van der Waals surface area contributed by atoms with Crippen LogP contribution in [0.3, 0.4) is 0 Å². The molecule has 0 radical (unpaired) electrons. The van der Waals surface area contributed by atoms with Crippen molar-refractivity contribution in [2.45, 2.75) is 37.4 Å². The highest BCUT2D eigenvalue weighted by Gasteiger charge is 2.11. The van der Waals surface area contributed by atoms with E-state index in [0.717, 1.165) is 12.0 Å². The Morgan fingerprint density at radius 1 is 1.11 bits per heavy atom. The molecule has 1 aliphatic carbocycles. The zero-order valence-corrected chi connectivity index (χ0v) is 6.28. The maximum Gasteiger partial charge on any atom is 0.0308 e. The first kappa shape index (κ1) is 9.27. The third-order valence-electron chi connectivity index (χ3n) is 1.70. The van der Waals surface area contributed by atoms with Gasteiger partial charge in [0.1, 0.15) is 0 Å². The van der Waals surface area contributed by atoms with Crippen molar-refractivity contribution in [3.63, 3.8) is 0 Å². The van der Waals surface area contributed by atoms with Gasteiger partial charge in [-0.15, -0.1) is 0 Å². The second kappa shape index (κ2) is 5.09. The third kappa shape index (κ3) is 3.08. The molecule has 3 N–H and O–H groups in total. The molecular formula is C6H14O2S. The van der Waals surface area contributed by atoms with Gasteiger partial charge in [-0.1, -0.05) is 19.3 Å². The maximum absolute atomic E-state index is 8.61. The minimum atomic E-state index is 0. The summed E-state index contributed by atoms with van der Waals surface area (Å²) in [6.07, 6.45) is 6.45. The molecule has 0 atom stereocenters. The minimum absolute atomic E-state index is 0. The first-order valence-corrected chi connectivity index (χ1v) is 4.07. The van der Waals surface area contributed by atoms with Crippen molar-refractivity contribution in [1.82, 2.24) is 0 Å². The second-order valence-corrected chi connectivity index (χ2v) is 3.24. The van der Waals surface area contributed by atoms with Crippen LogP contribution in [-0.2, 0) is 0 Å². The fourth-order valence-corrected chi connectivity index (χ4v) is 1.71. The van der Waals surface area contributed by atoms with Crippen LogP contribution in [-0.4, -0.2) is 15.3 Å². The average molecular weight is 150 g/mol. The molecule has 0 amide bonds. The lowest BCUT2D eigenvalue weighted by molar-refractivity contribution is 0.500. The van der Waals surface area contributed by atoms with Crippen molar-refractivity contribution in [3.8, 4) is 0 Å². The third-order valence-corrected chi connectivity index (χ3v) is 2.47. The lowest BCUT2D eigenvalue weighted by Gasteiger charge is -2.16. The van der Waals surface area contributed by atoms with Crippen LogP contribution >= 0.6 is 12.0 Å². The molecule has 56 valence electrons. The fourth-order valence-electron chi connectivity index (χ4n) is 1.17. The Balaban J connectivity index is 0.000000640. The van der Waals surface area contributed by atoms with Crippen LogP contribution in [0.1, 0.15) is 32.1 Å². The molecule has 1 saturated carbocycles. The van der Waals surface area contributed by atoms with E-state index >= 15 is 0 Å². The van der Waals surface area contributed by atoms with Crippen LogP contribution in [0.5, 0.6) is 0 Å². The van der Waals surface area contributed by atoms with E-state index in [1.807, 2.05) is 0 Å². The predicted molar refractivity (Wildman–Crippen MR) is 40.7 cm³/mol. The Bertz CT molecular complexity index is 62.1. The SMILES string of the molecule is O.OSC1CCCCC1. The molecule has 3 heteroatoms. The molecule has 0 aromatic rings. The number of hydrogen-bond acceptors (Lipinski definition) is 2. The van der Waals surface area contributed by atoms with E-state index in [1.165, 1.54) is 32.1 Å². The monoisotopic (exact) mass is 150 g/mol. The molecule has 0 bridgehead atoms. The highest BCUT2D eigenvalue weighted by molar-refractivity contribution is 7.94. The molecule has 0 unspecified atom stereocenters. The van der Waals surface area contributed by atoms with Crippen molar-refractivity contribution in [2.24, 2.45) is 0 Å². The lowest BCUT2D eigenvalue weighted by atomic mass is 10.0. The van der Waals surface area contributed by atoms with E-state index in [0.29, 0.717) is 5.25 Å². The summed E-state index contributed by atoms with van der Waals surface area (Å²) in [5.41, 5.74) is 0. The van der Waals surface area contributed by atoms with Crippen molar-refractivity contribution >= 4 is 12.0 Å². The van der Waals surface area contributed by atoms with Gasteiger partial charge in [0.05, 0.1) is 0 Å². The molecule has 9 heavy (non-hydrogen) atoms. The van der Waals surface area contributed by atoms with Gasteiger partial charge in [-0.05, 0) is 24.9 Å². The molecule has 0 aromatic carbocycles. The quantitative estimate of drug-likeness (QED) is 0.578. The normalized spacial score (nSPS) is 21.0. The van der Waals surface area contributed by atoms with Gasteiger partial charge >= 0.3 is 0 Å². The van der Waals surface area contributed by atoms with Gasteiger partial charge in [0.25, 0.3) is 0 Å². The van der Waals surface area contributed by atoms with Crippen molar-refractivity contribution in [3.05, 3.63) is 0 Å². The van der Waals surface area contributed by atoms with Gasteiger partial charge in [0.2, 0.25) is 0 Å². The van der Waals surface area contributed by atoms with E-state index in [1.54, 1.807) is 0 Å². The highest BCUT2D eigenvalue weighted by atomic mass is 32.2. The molecular weight excluding hydrogens is 136 g/mol.